The fraction of sp³-hybridized carbons (Fsp3) is 0.643. The molecule has 0 bridgehead atoms. The van der Waals surface area contributed by atoms with Crippen LogP contribution < -0.4 is 0 Å². The smallest absolute Gasteiger partial charge is 0.306 e. The molecule has 0 saturated carbocycles. The summed E-state index contributed by atoms with van der Waals surface area (Å²) in [5, 5.41) is 10.8. The number of cyclic esters (lactones) is 1. The van der Waals surface area contributed by atoms with Crippen molar-refractivity contribution in [3.63, 3.8) is 0 Å². The number of hydrogen-bond acceptors (Lipinski definition) is 7. The number of aromatic nitrogens is 2. The van der Waals surface area contributed by atoms with E-state index < -0.39 is 23.5 Å². The third kappa shape index (κ3) is 5.72. The first-order valence-electron chi connectivity index (χ1n) is 12.8. The van der Waals surface area contributed by atoms with Crippen molar-refractivity contribution in [3.05, 3.63) is 36.2 Å². The van der Waals surface area contributed by atoms with Gasteiger partial charge in [-0.3, -0.25) is 19.6 Å². The molecular weight excluding hydrogens is 444 g/mol. The van der Waals surface area contributed by atoms with Crippen LogP contribution in [0.2, 0.25) is 0 Å². The third-order valence-electron chi connectivity index (χ3n) is 8.07. The molecule has 2 aliphatic heterocycles. The number of ketones is 1. The fourth-order valence-corrected chi connectivity index (χ4v) is 5.40. The summed E-state index contributed by atoms with van der Waals surface area (Å²) >= 11 is 0. The number of epoxide rings is 1. The number of aliphatic hydroxyl groups is 1. The Morgan fingerprint density at radius 1 is 1.03 bits per heavy atom. The highest BCUT2D eigenvalue weighted by Crippen LogP contribution is 2.46. The van der Waals surface area contributed by atoms with E-state index in [4.69, 9.17) is 9.47 Å². The first kappa shape index (κ1) is 25.7. The van der Waals surface area contributed by atoms with Crippen LogP contribution in [0.3, 0.4) is 0 Å². The maximum Gasteiger partial charge on any atom is 0.306 e. The van der Waals surface area contributed by atoms with Gasteiger partial charge in [-0.2, -0.15) is 0 Å². The summed E-state index contributed by atoms with van der Waals surface area (Å²) in [6, 6.07) is 5.76. The Kier molecular flexibility index (Phi) is 7.30. The number of carbonyl (C=O) groups is 2. The van der Waals surface area contributed by atoms with Gasteiger partial charge in [0.15, 0.2) is 0 Å². The van der Waals surface area contributed by atoms with E-state index in [2.05, 4.69) is 16.9 Å². The summed E-state index contributed by atoms with van der Waals surface area (Å²) in [5.74, 6) is -0.837. The molecule has 1 N–H and O–H groups in total. The van der Waals surface area contributed by atoms with Crippen molar-refractivity contribution in [3.8, 4) is 0 Å². The van der Waals surface area contributed by atoms with Crippen molar-refractivity contribution in [1.29, 1.82) is 0 Å². The Morgan fingerprint density at radius 2 is 1.74 bits per heavy atom. The van der Waals surface area contributed by atoms with Gasteiger partial charge in [0.1, 0.15) is 11.9 Å². The minimum atomic E-state index is -0.734. The second kappa shape index (κ2) is 9.94. The normalized spacial score (nSPS) is 34.7. The van der Waals surface area contributed by atoms with E-state index in [1.165, 1.54) is 0 Å². The minimum Gasteiger partial charge on any atom is -0.457 e. The molecule has 0 spiro atoms. The van der Waals surface area contributed by atoms with Crippen molar-refractivity contribution >= 4 is 22.8 Å². The van der Waals surface area contributed by atoms with E-state index in [-0.39, 0.29) is 35.8 Å². The molecule has 7 nitrogen and oxygen atoms in total. The zero-order valence-electron chi connectivity index (χ0n) is 21.5. The molecule has 0 radical (unpaired) electrons. The van der Waals surface area contributed by atoms with Crippen LogP contribution in [0.1, 0.15) is 84.8 Å². The SMILES string of the molecule is C[C@H]1CCC[C@@]2(C)O[C@H]2C[C@@H](c2ccc3nccnc3c2)OC(=O)CCC(C)(C)C(=O)[C@H](C)[C@H]1O. The lowest BCUT2D eigenvalue weighted by Crippen LogP contribution is -2.39. The van der Waals surface area contributed by atoms with Gasteiger partial charge in [-0.15, -0.1) is 0 Å². The molecule has 6 atom stereocenters. The molecule has 1 aromatic heterocycles. The van der Waals surface area contributed by atoms with E-state index in [1.807, 2.05) is 39.0 Å². The molecule has 2 saturated heterocycles. The quantitative estimate of drug-likeness (QED) is 0.453. The molecule has 7 heteroatoms. The molecule has 2 aromatic rings. The summed E-state index contributed by atoms with van der Waals surface area (Å²) < 4.78 is 12.1. The molecule has 2 aliphatic rings. The van der Waals surface area contributed by atoms with E-state index in [1.54, 1.807) is 19.3 Å². The number of hydrogen-bond donors (Lipinski definition) is 1. The van der Waals surface area contributed by atoms with Crippen LogP contribution in [0.4, 0.5) is 0 Å². The predicted octanol–water partition coefficient (Wildman–Crippen LogP) is 4.95. The van der Waals surface area contributed by atoms with Crippen LogP contribution in [0.15, 0.2) is 30.6 Å². The summed E-state index contributed by atoms with van der Waals surface area (Å²) in [6.07, 6.45) is 5.75. The largest absolute Gasteiger partial charge is 0.457 e. The fourth-order valence-electron chi connectivity index (χ4n) is 5.40. The van der Waals surface area contributed by atoms with Gasteiger partial charge in [0.25, 0.3) is 0 Å². The van der Waals surface area contributed by atoms with Crippen molar-refractivity contribution in [1.82, 2.24) is 9.97 Å². The Morgan fingerprint density at radius 3 is 2.49 bits per heavy atom. The molecule has 2 fully saturated rings. The average molecular weight is 483 g/mol. The second-order valence-electron chi connectivity index (χ2n) is 11.3. The third-order valence-corrected chi connectivity index (χ3v) is 8.07. The lowest BCUT2D eigenvalue weighted by molar-refractivity contribution is -0.151. The minimum absolute atomic E-state index is 0.00915. The average Bonchev–Trinajstić information content (AvgIpc) is 3.48. The Hall–Kier alpha value is -2.38. The topological polar surface area (TPSA) is 102 Å². The Bertz CT molecular complexity index is 1090. The van der Waals surface area contributed by atoms with Crippen molar-refractivity contribution in [2.24, 2.45) is 17.3 Å². The van der Waals surface area contributed by atoms with Gasteiger partial charge >= 0.3 is 5.97 Å². The van der Waals surface area contributed by atoms with Gasteiger partial charge in [-0.25, -0.2) is 0 Å². The molecule has 0 unspecified atom stereocenters. The van der Waals surface area contributed by atoms with Gasteiger partial charge in [-0.05, 0) is 49.8 Å². The van der Waals surface area contributed by atoms with Crippen LogP contribution in [-0.4, -0.2) is 44.6 Å². The van der Waals surface area contributed by atoms with E-state index >= 15 is 0 Å². The maximum absolute atomic E-state index is 13.2. The number of nitrogens with zero attached hydrogens (tertiary/aromatic N) is 2. The number of carbonyl (C=O) groups excluding carboxylic acids is 2. The number of esters is 1. The molecule has 4 rings (SSSR count). The van der Waals surface area contributed by atoms with Crippen molar-refractivity contribution in [2.45, 2.75) is 97.1 Å². The molecular formula is C28H38N2O5. The van der Waals surface area contributed by atoms with Crippen LogP contribution in [0, 0.1) is 17.3 Å². The molecule has 0 aliphatic carbocycles. The van der Waals surface area contributed by atoms with Gasteiger partial charge < -0.3 is 14.6 Å². The Balaban J connectivity index is 1.58. The van der Waals surface area contributed by atoms with Gasteiger partial charge in [0.2, 0.25) is 0 Å². The lowest BCUT2D eigenvalue weighted by Gasteiger charge is -2.31. The number of ether oxygens (including phenoxy) is 2. The number of aliphatic hydroxyl groups excluding tert-OH is 1. The van der Waals surface area contributed by atoms with E-state index in [0.717, 1.165) is 35.9 Å². The molecule has 3 heterocycles. The first-order valence-corrected chi connectivity index (χ1v) is 12.8. The predicted molar refractivity (Wildman–Crippen MR) is 132 cm³/mol. The van der Waals surface area contributed by atoms with Crippen molar-refractivity contribution in [2.75, 3.05) is 0 Å². The number of fused-ring (bicyclic) bond motifs is 2. The second-order valence-corrected chi connectivity index (χ2v) is 11.3. The highest BCUT2D eigenvalue weighted by molar-refractivity contribution is 5.87. The number of benzene rings is 1. The van der Waals surface area contributed by atoms with Gasteiger partial charge in [-0.1, -0.05) is 40.2 Å². The highest BCUT2D eigenvalue weighted by Gasteiger charge is 2.52. The first-order chi connectivity index (χ1) is 16.5. The zero-order valence-corrected chi connectivity index (χ0v) is 21.5. The molecule has 190 valence electrons. The zero-order chi connectivity index (χ0) is 25.4. The van der Waals surface area contributed by atoms with Crippen LogP contribution in [-0.2, 0) is 19.1 Å². The van der Waals surface area contributed by atoms with Crippen LogP contribution >= 0.6 is 0 Å². The summed E-state index contributed by atoms with van der Waals surface area (Å²) in [7, 11) is 0. The molecule has 35 heavy (non-hydrogen) atoms. The summed E-state index contributed by atoms with van der Waals surface area (Å²) in [4.78, 5) is 34.9. The van der Waals surface area contributed by atoms with E-state index in [9.17, 15) is 14.7 Å². The van der Waals surface area contributed by atoms with Crippen molar-refractivity contribution < 1.29 is 24.2 Å². The van der Waals surface area contributed by atoms with Gasteiger partial charge in [0, 0.05) is 36.6 Å². The highest BCUT2D eigenvalue weighted by atomic mass is 16.6. The molecule has 1 aromatic carbocycles. The van der Waals surface area contributed by atoms with Crippen LogP contribution in [0.5, 0.6) is 0 Å². The number of Topliss-reactive ketones (excluding diaryl/α,β-unsaturated/α-hetero) is 1. The number of rotatable bonds is 1. The van der Waals surface area contributed by atoms with E-state index in [0.29, 0.717) is 12.8 Å². The van der Waals surface area contributed by atoms with Gasteiger partial charge in [0.05, 0.1) is 28.8 Å². The maximum atomic E-state index is 13.2. The Labute approximate surface area is 207 Å². The van der Waals surface area contributed by atoms with Crippen LogP contribution in [0.25, 0.3) is 11.0 Å². The standard InChI is InChI=1S/C28H38N2O5/c1-17-7-6-11-28(5)23(35-28)16-22(19-8-9-20-21(15-19)30-14-13-29-20)34-24(31)10-12-27(3,4)26(33)18(2)25(17)32/h8-9,13-15,17-18,22-23,25,32H,6-7,10-12,16H2,1-5H3/t17-,18+,22-,23-,25-,28+/m0/s1. The monoisotopic (exact) mass is 482 g/mol. The molecule has 0 amide bonds. The summed E-state index contributed by atoms with van der Waals surface area (Å²) in [5.41, 5.74) is 1.40. The summed E-state index contributed by atoms with van der Waals surface area (Å²) in [6.45, 7) is 9.60. The lowest BCUT2D eigenvalue weighted by atomic mass is 9.74.